The van der Waals surface area contributed by atoms with E-state index >= 15 is 0 Å². The summed E-state index contributed by atoms with van der Waals surface area (Å²) in [7, 11) is 0. The number of nitrogens with zero attached hydrogens (tertiary/aromatic N) is 5. The van der Waals surface area contributed by atoms with Crippen molar-refractivity contribution < 1.29 is 4.79 Å². The van der Waals surface area contributed by atoms with Gasteiger partial charge in [-0.25, -0.2) is 4.98 Å². The van der Waals surface area contributed by atoms with Gasteiger partial charge in [0.1, 0.15) is 5.69 Å². The highest BCUT2D eigenvalue weighted by Gasteiger charge is 2.16. The molecule has 7 aromatic rings. The van der Waals surface area contributed by atoms with Crippen LogP contribution >= 0.6 is 0 Å². The SMILES string of the molecule is O=C(Cc1ccccc1)Nc1cncc(-c2cnc3[nH]nc(-c4cc5c(-c6cccnc6)nccc5[nH]4)c3c2)c1. The molecule has 192 valence electrons. The molecule has 6 heterocycles. The van der Waals surface area contributed by atoms with Crippen LogP contribution < -0.4 is 5.32 Å². The monoisotopic (exact) mass is 522 g/mol. The second-order valence-electron chi connectivity index (χ2n) is 9.41. The molecular formula is C31H22N8O. The van der Waals surface area contributed by atoms with Crippen LogP contribution in [0.3, 0.4) is 0 Å². The maximum Gasteiger partial charge on any atom is 0.228 e. The van der Waals surface area contributed by atoms with Gasteiger partial charge in [0.15, 0.2) is 5.65 Å². The van der Waals surface area contributed by atoms with Crippen LogP contribution in [0.2, 0.25) is 0 Å². The first kappa shape index (κ1) is 23.4. The van der Waals surface area contributed by atoms with E-state index in [2.05, 4.69) is 46.5 Å². The van der Waals surface area contributed by atoms with Crippen molar-refractivity contribution in [1.82, 2.24) is 35.1 Å². The lowest BCUT2D eigenvalue weighted by atomic mass is 10.1. The van der Waals surface area contributed by atoms with E-state index in [0.29, 0.717) is 17.8 Å². The van der Waals surface area contributed by atoms with Gasteiger partial charge >= 0.3 is 0 Å². The lowest BCUT2D eigenvalue weighted by Crippen LogP contribution is -2.14. The normalized spacial score (nSPS) is 11.2. The molecule has 0 saturated carbocycles. The minimum Gasteiger partial charge on any atom is -0.353 e. The van der Waals surface area contributed by atoms with Gasteiger partial charge in [0.2, 0.25) is 5.91 Å². The highest BCUT2D eigenvalue weighted by Crippen LogP contribution is 2.33. The van der Waals surface area contributed by atoms with Crippen molar-refractivity contribution in [3.05, 3.63) is 109 Å². The minimum absolute atomic E-state index is 0.102. The Morgan fingerprint density at radius 1 is 0.750 bits per heavy atom. The van der Waals surface area contributed by atoms with Crippen LogP contribution in [0.25, 0.3) is 55.7 Å². The van der Waals surface area contributed by atoms with Crippen LogP contribution in [-0.4, -0.2) is 41.0 Å². The molecule has 0 aliphatic rings. The molecule has 0 unspecified atom stereocenters. The molecule has 0 bridgehead atoms. The van der Waals surface area contributed by atoms with Crippen LogP contribution in [0.5, 0.6) is 0 Å². The number of nitrogens with one attached hydrogen (secondary N) is 3. The number of fused-ring (bicyclic) bond motifs is 2. The number of carbonyl (C=O) groups is 1. The maximum atomic E-state index is 12.6. The van der Waals surface area contributed by atoms with Crippen molar-refractivity contribution in [3.63, 3.8) is 0 Å². The third-order valence-electron chi connectivity index (χ3n) is 6.72. The molecule has 1 amide bonds. The number of benzene rings is 1. The van der Waals surface area contributed by atoms with Gasteiger partial charge in [-0.2, -0.15) is 5.10 Å². The fraction of sp³-hybridized carbons (Fsp3) is 0.0323. The Morgan fingerprint density at radius 3 is 2.50 bits per heavy atom. The minimum atomic E-state index is -0.102. The Labute approximate surface area is 228 Å². The number of aromatic nitrogens is 7. The lowest BCUT2D eigenvalue weighted by molar-refractivity contribution is -0.115. The van der Waals surface area contributed by atoms with Crippen molar-refractivity contribution in [3.8, 4) is 33.8 Å². The Bertz CT molecular complexity index is 1980. The Balaban J connectivity index is 1.21. The van der Waals surface area contributed by atoms with E-state index in [1.165, 1.54) is 0 Å². The summed E-state index contributed by atoms with van der Waals surface area (Å²) in [5.41, 5.74) is 8.27. The first-order valence-corrected chi connectivity index (χ1v) is 12.7. The van der Waals surface area contributed by atoms with Crippen molar-refractivity contribution in [2.24, 2.45) is 0 Å². The maximum absolute atomic E-state index is 12.6. The molecule has 0 spiro atoms. The molecule has 9 nitrogen and oxygen atoms in total. The molecule has 9 heteroatoms. The van der Waals surface area contributed by atoms with Crippen LogP contribution in [0.1, 0.15) is 5.56 Å². The molecule has 6 aromatic heterocycles. The summed E-state index contributed by atoms with van der Waals surface area (Å²) < 4.78 is 0. The van der Waals surface area contributed by atoms with E-state index in [-0.39, 0.29) is 5.91 Å². The second kappa shape index (κ2) is 9.88. The van der Waals surface area contributed by atoms with Crippen molar-refractivity contribution in [2.45, 2.75) is 6.42 Å². The molecule has 0 fully saturated rings. The number of H-pyrrole nitrogens is 2. The standard InChI is InChI=1S/C31H22N8O/c40-28(11-19-5-2-1-3-6-19)36-23-12-21(16-33-18-23)22-13-25-30(38-39-31(25)35-17-22)27-14-24-26(37-27)8-10-34-29(24)20-7-4-9-32-15-20/h1-10,12-18,37H,11H2,(H,36,40)(H,35,38,39). The molecule has 0 saturated heterocycles. The summed E-state index contributed by atoms with van der Waals surface area (Å²) in [5.74, 6) is -0.102. The lowest BCUT2D eigenvalue weighted by Gasteiger charge is -2.07. The second-order valence-corrected chi connectivity index (χ2v) is 9.41. The zero-order valence-electron chi connectivity index (χ0n) is 21.2. The number of hydrogen-bond donors (Lipinski definition) is 3. The van der Waals surface area contributed by atoms with Gasteiger partial charge in [-0.3, -0.25) is 24.8 Å². The summed E-state index contributed by atoms with van der Waals surface area (Å²) in [5, 5.41) is 12.4. The largest absolute Gasteiger partial charge is 0.353 e. The van der Waals surface area contributed by atoms with E-state index in [1.54, 1.807) is 37.2 Å². The van der Waals surface area contributed by atoms with Gasteiger partial charge in [-0.05, 0) is 42.0 Å². The number of aromatic amines is 2. The summed E-state index contributed by atoms with van der Waals surface area (Å²) in [6.07, 6.45) is 10.8. The zero-order chi connectivity index (χ0) is 26.9. The molecule has 40 heavy (non-hydrogen) atoms. The van der Waals surface area contributed by atoms with Crippen LogP contribution in [0.15, 0.2) is 104 Å². The van der Waals surface area contributed by atoms with E-state index in [4.69, 9.17) is 0 Å². The highest BCUT2D eigenvalue weighted by molar-refractivity contribution is 6.00. The Morgan fingerprint density at radius 2 is 1.62 bits per heavy atom. The van der Waals surface area contributed by atoms with E-state index in [1.807, 2.05) is 60.7 Å². The third-order valence-corrected chi connectivity index (χ3v) is 6.72. The van der Waals surface area contributed by atoms with Crippen LogP contribution in [0, 0.1) is 0 Å². The fourth-order valence-electron chi connectivity index (χ4n) is 4.83. The van der Waals surface area contributed by atoms with Crippen LogP contribution in [-0.2, 0) is 11.2 Å². The molecule has 3 N–H and O–H groups in total. The average molecular weight is 523 g/mol. The molecule has 0 atom stereocenters. The molecule has 0 aliphatic carbocycles. The van der Waals surface area contributed by atoms with E-state index in [0.717, 1.165) is 55.6 Å². The van der Waals surface area contributed by atoms with Gasteiger partial charge in [-0.15, -0.1) is 0 Å². The molecule has 1 aromatic carbocycles. The Hall–Kier alpha value is -5.70. The third kappa shape index (κ3) is 4.45. The predicted molar refractivity (Wildman–Crippen MR) is 154 cm³/mol. The zero-order valence-corrected chi connectivity index (χ0v) is 21.2. The van der Waals surface area contributed by atoms with Gasteiger partial charge in [-0.1, -0.05) is 30.3 Å². The van der Waals surface area contributed by atoms with Crippen molar-refractivity contribution >= 4 is 33.5 Å². The average Bonchev–Trinajstić information content (AvgIpc) is 3.62. The number of amides is 1. The molecular weight excluding hydrogens is 500 g/mol. The summed E-state index contributed by atoms with van der Waals surface area (Å²) in [6.45, 7) is 0. The summed E-state index contributed by atoms with van der Waals surface area (Å²) >= 11 is 0. The van der Waals surface area contributed by atoms with E-state index in [9.17, 15) is 4.79 Å². The van der Waals surface area contributed by atoms with Crippen molar-refractivity contribution in [2.75, 3.05) is 5.32 Å². The number of carbonyl (C=O) groups excluding carboxylic acids is 1. The number of anilines is 1. The fourth-order valence-corrected chi connectivity index (χ4v) is 4.83. The first-order valence-electron chi connectivity index (χ1n) is 12.7. The summed E-state index contributed by atoms with van der Waals surface area (Å²) in [6, 6.07) is 21.5. The topological polar surface area (TPSA) is 125 Å². The van der Waals surface area contributed by atoms with Crippen LogP contribution in [0.4, 0.5) is 5.69 Å². The van der Waals surface area contributed by atoms with Crippen molar-refractivity contribution in [1.29, 1.82) is 0 Å². The first-order chi connectivity index (χ1) is 19.7. The predicted octanol–water partition coefficient (Wildman–Crippen LogP) is 5.81. The molecule has 7 rings (SSSR count). The summed E-state index contributed by atoms with van der Waals surface area (Å²) in [4.78, 5) is 33.9. The number of rotatable bonds is 6. The number of pyridine rings is 4. The molecule has 0 radical (unpaired) electrons. The number of hydrogen-bond acceptors (Lipinski definition) is 6. The van der Waals surface area contributed by atoms with Gasteiger partial charge in [0.25, 0.3) is 0 Å². The van der Waals surface area contributed by atoms with Gasteiger partial charge < -0.3 is 10.3 Å². The van der Waals surface area contributed by atoms with Gasteiger partial charge in [0.05, 0.1) is 29.7 Å². The highest BCUT2D eigenvalue weighted by atomic mass is 16.1. The molecule has 0 aliphatic heterocycles. The van der Waals surface area contributed by atoms with E-state index < -0.39 is 0 Å². The quantitative estimate of drug-likeness (QED) is 0.253. The smallest absolute Gasteiger partial charge is 0.228 e. The van der Waals surface area contributed by atoms with Gasteiger partial charge in [0, 0.05) is 64.0 Å². The Kier molecular flexibility index (Phi) is 5.78.